The predicted molar refractivity (Wildman–Crippen MR) is 126 cm³/mol. The molecule has 0 radical (unpaired) electrons. The van der Waals surface area contributed by atoms with E-state index in [1.807, 2.05) is 0 Å². The number of likely N-dealkylation sites (tertiary alicyclic amines) is 1. The molecule has 0 saturated carbocycles. The number of hydrogen-bond donors (Lipinski definition) is 0. The highest BCUT2D eigenvalue weighted by atomic mass is 35.5. The molecule has 2 aromatic carbocycles. The molecule has 6 nitrogen and oxygen atoms in total. The van der Waals surface area contributed by atoms with E-state index in [-0.39, 0.29) is 23.8 Å². The average molecular weight is 500 g/mol. The van der Waals surface area contributed by atoms with Crippen LogP contribution in [0.2, 0.25) is 5.02 Å². The molecule has 2 heterocycles. The molecule has 1 aliphatic heterocycles. The maximum absolute atomic E-state index is 14.0. The van der Waals surface area contributed by atoms with Gasteiger partial charge in [0.25, 0.3) is 0 Å². The van der Waals surface area contributed by atoms with Gasteiger partial charge in [-0.15, -0.1) is 0 Å². The van der Waals surface area contributed by atoms with Gasteiger partial charge in [-0.25, -0.2) is 18.7 Å². The number of halogens is 3. The first kappa shape index (κ1) is 24.7. The van der Waals surface area contributed by atoms with Crippen molar-refractivity contribution in [3.05, 3.63) is 88.0 Å². The standard InChI is InChI=1S/C26H24ClF2N3O3/c1-16-30-14-21(24(15-33)35-19-5-2-4-18(27)12-19)26(31-16)17-8-10-32(11-9-17)25(34)13-20-22(28)6-3-7-23(20)29/h2-7,12,14-15,17,24H,8-11,13H2,1H3. The fourth-order valence-corrected chi connectivity index (χ4v) is 4.44. The number of aromatic nitrogens is 2. The van der Waals surface area contributed by atoms with Gasteiger partial charge < -0.3 is 9.64 Å². The second-order valence-corrected chi connectivity index (χ2v) is 8.86. The number of benzene rings is 2. The highest BCUT2D eigenvalue weighted by Gasteiger charge is 2.30. The third-order valence-electron chi connectivity index (χ3n) is 6.08. The Bertz CT molecular complexity index is 1210. The number of hydrogen-bond acceptors (Lipinski definition) is 5. The number of carbonyl (C=O) groups excluding carboxylic acids is 2. The van der Waals surface area contributed by atoms with E-state index in [1.54, 1.807) is 42.3 Å². The highest BCUT2D eigenvalue weighted by molar-refractivity contribution is 6.30. The monoisotopic (exact) mass is 499 g/mol. The summed E-state index contributed by atoms with van der Waals surface area (Å²) in [6.07, 6.45) is 2.20. The molecule has 1 saturated heterocycles. The van der Waals surface area contributed by atoms with Crippen molar-refractivity contribution in [2.24, 2.45) is 0 Å². The number of rotatable bonds is 7. The summed E-state index contributed by atoms with van der Waals surface area (Å²) >= 11 is 6.03. The van der Waals surface area contributed by atoms with Crippen LogP contribution in [0.1, 0.15) is 47.5 Å². The second-order valence-electron chi connectivity index (χ2n) is 8.42. The molecule has 4 rings (SSSR count). The quantitative estimate of drug-likeness (QED) is 0.428. The predicted octanol–water partition coefficient (Wildman–Crippen LogP) is 4.98. The molecule has 1 fully saturated rings. The van der Waals surface area contributed by atoms with Crippen molar-refractivity contribution in [2.45, 2.75) is 38.2 Å². The van der Waals surface area contributed by atoms with Crippen molar-refractivity contribution in [3.8, 4) is 5.75 Å². The Balaban J connectivity index is 1.48. The van der Waals surface area contributed by atoms with E-state index in [4.69, 9.17) is 16.3 Å². The molecule has 35 heavy (non-hydrogen) atoms. The lowest BCUT2D eigenvalue weighted by Crippen LogP contribution is -2.39. The number of piperidine rings is 1. The van der Waals surface area contributed by atoms with Crippen molar-refractivity contribution in [2.75, 3.05) is 13.1 Å². The number of ether oxygens (including phenoxy) is 1. The van der Waals surface area contributed by atoms with E-state index in [2.05, 4.69) is 9.97 Å². The summed E-state index contributed by atoms with van der Waals surface area (Å²) in [7, 11) is 0. The van der Waals surface area contributed by atoms with E-state index < -0.39 is 17.7 Å². The van der Waals surface area contributed by atoms with Gasteiger partial charge in [0.2, 0.25) is 5.91 Å². The third-order valence-corrected chi connectivity index (χ3v) is 6.32. The zero-order chi connectivity index (χ0) is 24.9. The van der Waals surface area contributed by atoms with Crippen LogP contribution in [-0.2, 0) is 16.0 Å². The Morgan fingerprint density at radius 1 is 1.20 bits per heavy atom. The van der Waals surface area contributed by atoms with Gasteiger partial charge in [-0.05, 0) is 50.1 Å². The normalized spacial score (nSPS) is 15.0. The molecule has 0 N–H and O–H groups in total. The van der Waals surface area contributed by atoms with Crippen LogP contribution >= 0.6 is 11.6 Å². The van der Waals surface area contributed by atoms with Crippen molar-refractivity contribution < 1.29 is 23.1 Å². The molecule has 3 aromatic rings. The summed E-state index contributed by atoms with van der Waals surface area (Å²) in [5.74, 6) is -0.817. The topological polar surface area (TPSA) is 72.4 Å². The number of aryl methyl sites for hydroxylation is 1. The molecule has 1 amide bonds. The Hall–Kier alpha value is -3.39. The van der Waals surface area contributed by atoms with E-state index >= 15 is 0 Å². The minimum atomic E-state index is -0.923. The highest BCUT2D eigenvalue weighted by Crippen LogP contribution is 2.33. The van der Waals surface area contributed by atoms with Crippen molar-refractivity contribution >= 4 is 23.8 Å². The van der Waals surface area contributed by atoms with Crippen LogP contribution < -0.4 is 4.74 Å². The molecular formula is C26H24ClF2N3O3. The first-order chi connectivity index (χ1) is 16.9. The Morgan fingerprint density at radius 2 is 1.89 bits per heavy atom. The van der Waals surface area contributed by atoms with E-state index in [1.165, 1.54) is 6.07 Å². The molecule has 9 heteroatoms. The summed E-state index contributed by atoms with van der Waals surface area (Å²) in [5.41, 5.74) is 1.04. The van der Waals surface area contributed by atoms with E-state index in [0.29, 0.717) is 60.1 Å². The minimum absolute atomic E-state index is 0.0358. The summed E-state index contributed by atoms with van der Waals surface area (Å²) in [6.45, 7) is 2.58. The molecule has 1 atom stereocenters. The van der Waals surface area contributed by atoms with Gasteiger partial charge in [0.05, 0.1) is 12.1 Å². The van der Waals surface area contributed by atoms with Gasteiger partial charge in [-0.1, -0.05) is 23.7 Å². The molecule has 1 aliphatic rings. The van der Waals surface area contributed by atoms with Gasteiger partial charge in [-0.3, -0.25) is 9.59 Å². The summed E-state index contributed by atoms with van der Waals surface area (Å²) in [6, 6.07) is 10.3. The Morgan fingerprint density at radius 3 is 2.54 bits per heavy atom. The lowest BCUT2D eigenvalue weighted by molar-refractivity contribution is -0.131. The molecule has 1 aromatic heterocycles. The largest absolute Gasteiger partial charge is 0.478 e. The maximum atomic E-state index is 14.0. The zero-order valence-corrected chi connectivity index (χ0v) is 19.8. The molecular weight excluding hydrogens is 476 g/mol. The van der Waals surface area contributed by atoms with Gasteiger partial charge in [0.15, 0.2) is 12.4 Å². The Kier molecular flexibility index (Phi) is 7.70. The number of amides is 1. The third kappa shape index (κ3) is 5.82. The minimum Gasteiger partial charge on any atom is -0.478 e. The first-order valence-electron chi connectivity index (χ1n) is 11.3. The average Bonchev–Trinajstić information content (AvgIpc) is 2.85. The van der Waals surface area contributed by atoms with Gasteiger partial charge >= 0.3 is 0 Å². The van der Waals surface area contributed by atoms with Crippen LogP contribution in [0.4, 0.5) is 8.78 Å². The zero-order valence-electron chi connectivity index (χ0n) is 19.1. The molecule has 0 aliphatic carbocycles. The lowest BCUT2D eigenvalue weighted by Gasteiger charge is -2.33. The van der Waals surface area contributed by atoms with Gasteiger partial charge in [0.1, 0.15) is 23.2 Å². The fraction of sp³-hybridized carbons (Fsp3) is 0.308. The molecule has 0 bridgehead atoms. The summed E-state index contributed by atoms with van der Waals surface area (Å²) in [5, 5.41) is 0.486. The molecule has 0 spiro atoms. The van der Waals surface area contributed by atoms with E-state index in [9.17, 15) is 18.4 Å². The van der Waals surface area contributed by atoms with Crippen LogP contribution in [0, 0.1) is 18.6 Å². The summed E-state index contributed by atoms with van der Waals surface area (Å²) in [4.78, 5) is 35.1. The smallest absolute Gasteiger partial charge is 0.227 e. The lowest BCUT2D eigenvalue weighted by atomic mass is 9.89. The van der Waals surface area contributed by atoms with Crippen molar-refractivity contribution in [3.63, 3.8) is 0 Å². The van der Waals surface area contributed by atoms with Crippen LogP contribution in [-0.4, -0.2) is 40.2 Å². The van der Waals surface area contributed by atoms with Gasteiger partial charge in [-0.2, -0.15) is 0 Å². The van der Waals surface area contributed by atoms with E-state index in [0.717, 1.165) is 12.1 Å². The SMILES string of the molecule is Cc1ncc(C(C=O)Oc2cccc(Cl)c2)c(C2CCN(C(=O)Cc3c(F)cccc3F)CC2)n1. The maximum Gasteiger partial charge on any atom is 0.227 e. The van der Waals surface area contributed by atoms with Crippen molar-refractivity contribution in [1.82, 2.24) is 14.9 Å². The molecule has 1 unspecified atom stereocenters. The van der Waals surface area contributed by atoms with Crippen LogP contribution in [0.15, 0.2) is 48.7 Å². The number of carbonyl (C=O) groups is 2. The first-order valence-corrected chi connectivity index (χ1v) is 11.6. The number of aldehydes is 1. The molecule has 182 valence electrons. The summed E-state index contributed by atoms with van der Waals surface area (Å²) < 4.78 is 33.8. The fourth-order valence-electron chi connectivity index (χ4n) is 4.26. The Labute approximate surface area is 206 Å². The van der Waals surface area contributed by atoms with Crippen LogP contribution in [0.3, 0.4) is 0 Å². The second kappa shape index (κ2) is 10.9. The van der Waals surface area contributed by atoms with Crippen LogP contribution in [0.5, 0.6) is 5.75 Å². The van der Waals surface area contributed by atoms with Crippen molar-refractivity contribution in [1.29, 1.82) is 0 Å². The van der Waals surface area contributed by atoms with Gasteiger partial charge in [0, 0.05) is 41.4 Å². The number of nitrogens with zero attached hydrogens (tertiary/aromatic N) is 3. The van der Waals surface area contributed by atoms with Crippen LogP contribution in [0.25, 0.3) is 0 Å².